The molecule has 1 aromatic rings. The molecule has 0 amide bonds. The zero-order chi connectivity index (χ0) is 18.3. The van der Waals surface area contributed by atoms with E-state index >= 15 is 0 Å². The molecule has 4 heteroatoms. The van der Waals surface area contributed by atoms with Crippen molar-refractivity contribution in [2.24, 2.45) is 5.41 Å². The predicted molar refractivity (Wildman–Crippen MR) is 105 cm³/mol. The van der Waals surface area contributed by atoms with Gasteiger partial charge in [-0.15, -0.1) is 0 Å². The molecule has 4 nitrogen and oxygen atoms in total. The molecule has 0 bridgehead atoms. The fourth-order valence-corrected chi connectivity index (χ4v) is 3.50. The SMILES string of the molecule is COc1ccccc1/C=C/CN1CCN(CC(C)(C)C)[C@@H](CCO)C1. The highest BCUT2D eigenvalue weighted by atomic mass is 16.5. The summed E-state index contributed by atoms with van der Waals surface area (Å²) in [5.41, 5.74) is 1.41. The second kappa shape index (κ2) is 9.37. The van der Waals surface area contributed by atoms with Crippen molar-refractivity contribution >= 4 is 6.08 Å². The summed E-state index contributed by atoms with van der Waals surface area (Å²) in [6.45, 7) is 12.3. The number of piperazine rings is 1. The minimum absolute atomic E-state index is 0.260. The van der Waals surface area contributed by atoms with Crippen molar-refractivity contribution in [2.45, 2.75) is 33.2 Å². The Morgan fingerprint density at radius 3 is 2.68 bits per heavy atom. The van der Waals surface area contributed by atoms with Crippen LogP contribution in [0.3, 0.4) is 0 Å². The zero-order valence-corrected chi connectivity index (χ0v) is 16.2. The van der Waals surface area contributed by atoms with Crippen LogP contribution in [0.2, 0.25) is 0 Å². The molecule has 1 heterocycles. The van der Waals surface area contributed by atoms with Crippen molar-refractivity contribution in [1.29, 1.82) is 0 Å². The average Bonchev–Trinajstić information content (AvgIpc) is 2.56. The summed E-state index contributed by atoms with van der Waals surface area (Å²) in [6.07, 6.45) is 5.21. The Kier molecular flexibility index (Phi) is 7.48. The van der Waals surface area contributed by atoms with Gasteiger partial charge in [0.25, 0.3) is 0 Å². The molecule has 2 rings (SSSR count). The van der Waals surface area contributed by atoms with Crippen LogP contribution in [0.4, 0.5) is 0 Å². The highest BCUT2D eigenvalue weighted by Crippen LogP contribution is 2.22. The third-order valence-corrected chi connectivity index (χ3v) is 4.63. The highest BCUT2D eigenvalue weighted by molar-refractivity contribution is 5.57. The lowest BCUT2D eigenvalue weighted by molar-refractivity contribution is 0.0420. The van der Waals surface area contributed by atoms with Crippen LogP contribution in [0.15, 0.2) is 30.3 Å². The van der Waals surface area contributed by atoms with Crippen LogP contribution in [-0.2, 0) is 0 Å². The van der Waals surface area contributed by atoms with Crippen molar-refractivity contribution in [3.63, 3.8) is 0 Å². The van der Waals surface area contributed by atoms with Crippen LogP contribution >= 0.6 is 0 Å². The maximum atomic E-state index is 9.43. The second-order valence-electron chi connectivity index (χ2n) is 8.10. The minimum atomic E-state index is 0.260. The molecular weight excluding hydrogens is 312 g/mol. The van der Waals surface area contributed by atoms with E-state index in [1.54, 1.807) is 7.11 Å². The third-order valence-electron chi connectivity index (χ3n) is 4.63. The molecule has 25 heavy (non-hydrogen) atoms. The molecule has 0 unspecified atom stereocenters. The molecule has 1 saturated heterocycles. The van der Waals surface area contributed by atoms with Crippen molar-refractivity contribution in [3.8, 4) is 5.75 Å². The smallest absolute Gasteiger partial charge is 0.126 e. The van der Waals surface area contributed by atoms with Crippen LogP contribution in [0.5, 0.6) is 5.75 Å². The first-order valence-electron chi connectivity index (χ1n) is 9.30. The van der Waals surface area contributed by atoms with E-state index in [1.807, 2.05) is 18.2 Å². The maximum absolute atomic E-state index is 9.43. The topological polar surface area (TPSA) is 35.9 Å². The van der Waals surface area contributed by atoms with Gasteiger partial charge in [0.05, 0.1) is 7.11 Å². The Bertz CT molecular complexity index is 551. The lowest BCUT2D eigenvalue weighted by Gasteiger charge is -2.43. The molecule has 0 saturated carbocycles. The molecule has 1 aliphatic rings. The first-order valence-corrected chi connectivity index (χ1v) is 9.30. The van der Waals surface area contributed by atoms with Crippen molar-refractivity contribution in [3.05, 3.63) is 35.9 Å². The Morgan fingerprint density at radius 1 is 1.24 bits per heavy atom. The Morgan fingerprint density at radius 2 is 2.00 bits per heavy atom. The first-order chi connectivity index (χ1) is 11.9. The summed E-state index contributed by atoms with van der Waals surface area (Å²) >= 11 is 0. The van der Waals surface area contributed by atoms with E-state index in [9.17, 15) is 5.11 Å². The molecule has 0 aromatic heterocycles. The molecular formula is C21H34N2O2. The third kappa shape index (κ3) is 6.46. The minimum Gasteiger partial charge on any atom is -0.496 e. The monoisotopic (exact) mass is 346 g/mol. The number of ether oxygens (including phenoxy) is 1. The highest BCUT2D eigenvalue weighted by Gasteiger charge is 2.28. The number of para-hydroxylation sites is 1. The van der Waals surface area contributed by atoms with E-state index in [4.69, 9.17) is 4.74 Å². The number of aliphatic hydroxyl groups is 1. The summed E-state index contributed by atoms with van der Waals surface area (Å²) in [7, 11) is 1.71. The van der Waals surface area contributed by atoms with Gasteiger partial charge < -0.3 is 9.84 Å². The summed E-state index contributed by atoms with van der Waals surface area (Å²) < 4.78 is 5.40. The number of methoxy groups -OCH3 is 1. The fourth-order valence-electron chi connectivity index (χ4n) is 3.50. The van der Waals surface area contributed by atoms with E-state index in [0.29, 0.717) is 11.5 Å². The standard InChI is InChI=1S/C21H34N2O2/c1-21(2,3)17-23-14-13-22(16-19(23)11-15-24)12-7-9-18-8-5-6-10-20(18)25-4/h5-10,19,24H,11-17H2,1-4H3/b9-7+/t19-/m0/s1. The van der Waals surface area contributed by atoms with E-state index < -0.39 is 0 Å². The van der Waals surface area contributed by atoms with Crippen molar-refractivity contribution in [1.82, 2.24) is 9.80 Å². The maximum Gasteiger partial charge on any atom is 0.126 e. The number of nitrogens with zero attached hydrogens (tertiary/aromatic N) is 2. The van der Waals surface area contributed by atoms with E-state index in [2.05, 4.69) is 48.8 Å². The van der Waals surface area contributed by atoms with Gasteiger partial charge in [-0.1, -0.05) is 51.1 Å². The van der Waals surface area contributed by atoms with Gasteiger partial charge >= 0.3 is 0 Å². The van der Waals surface area contributed by atoms with Gasteiger partial charge in [0, 0.05) is 50.9 Å². The van der Waals surface area contributed by atoms with Crippen LogP contribution in [0.25, 0.3) is 6.08 Å². The lowest BCUT2D eigenvalue weighted by atomic mass is 9.94. The summed E-state index contributed by atoms with van der Waals surface area (Å²) in [5, 5.41) is 9.43. The number of benzene rings is 1. The molecule has 1 N–H and O–H groups in total. The fraction of sp³-hybridized carbons (Fsp3) is 0.619. The lowest BCUT2D eigenvalue weighted by Crippen LogP contribution is -2.55. The zero-order valence-electron chi connectivity index (χ0n) is 16.2. The summed E-state index contributed by atoms with van der Waals surface area (Å²) in [5.74, 6) is 0.909. The van der Waals surface area contributed by atoms with Gasteiger partial charge in [-0.3, -0.25) is 9.80 Å². The Hall–Kier alpha value is -1.36. The van der Waals surface area contributed by atoms with Gasteiger partial charge in [0.2, 0.25) is 0 Å². The molecule has 1 aliphatic heterocycles. The molecule has 0 aliphatic carbocycles. The first kappa shape index (κ1) is 20.0. The van der Waals surface area contributed by atoms with Crippen molar-refractivity contribution in [2.75, 3.05) is 46.4 Å². The number of hydrogen-bond donors (Lipinski definition) is 1. The van der Waals surface area contributed by atoms with Crippen LogP contribution in [0, 0.1) is 5.41 Å². The summed E-state index contributed by atoms with van der Waals surface area (Å²) in [6, 6.07) is 8.53. The molecule has 1 fully saturated rings. The Balaban J connectivity index is 1.92. The molecule has 1 atom stereocenters. The van der Waals surface area contributed by atoms with Gasteiger partial charge in [-0.2, -0.15) is 0 Å². The number of hydrogen-bond acceptors (Lipinski definition) is 4. The van der Waals surface area contributed by atoms with Gasteiger partial charge in [-0.05, 0) is 17.9 Å². The molecule has 1 aromatic carbocycles. The largest absolute Gasteiger partial charge is 0.496 e. The van der Waals surface area contributed by atoms with E-state index in [0.717, 1.165) is 50.5 Å². The normalized spacial score (nSPS) is 20.3. The molecule has 0 radical (unpaired) electrons. The molecule has 0 spiro atoms. The van der Waals surface area contributed by atoms with Crippen molar-refractivity contribution < 1.29 is 9.84 Å². The number of rotatable bonds is 7. The Labute approximate surface area is 153 Å². The second-order valence-corrected chi connectivity index (χ2v) is 8.10. The number of aliphatic hydroxyl groups excluding tert-OH is 1. The van der Waals surface area contributed by atoms with Gasteiger partial charge in [0.1, 0.15) is 5.75 Å². The van der Waals surface area contributed by atoms with Crippen LogP contribution in [-0.4, -0.2) is 67.4 Å². The summed E-state index contributed by atoms with van der Waals surface area (Å²) in [4.78, 5) is 5.03. The van der Waals surface area contributed by atoms with Crippen LogP contribution in [0.1, 0.15) is 32.8 Å². The molecule has 140 valence electrons. The quantitative estimate of drug-likeness (QED) is 0.823. The van der Waals surface area contributed by atoms with Gasteiger partial charge in [0.15, 0.2) is 0 Å². The van der Waals surface area contributed by atoms with Gasteiger partial charge in [-0.25, -0.2) is 0 Å². The van der Waals surface area contributed by atoms with E-state index in [1.165, 1.54) is 0 Å². The van der Waals surface area contributed by atoms with Crippen LogP contribution < -0.4 is 4.74 Å². The predicted octanol–water partition coefficient (Wildman–Crippen LogP) is 3.12. The van der Waals surface area contributed by atoms with E-state index in [-0.39, 0.29) is 6.61 Å². The average molecular weight is 347 g/mol.